The number of aryl methyl sites for hydroxylation is 1. The van der Waals surface area contributed by atoms with Gasteiger partial charge in [0.1, 0.15) is 17.3 Å². The molecule has 2 aromatic carbocycles. The third-order valence-corrected chi connectivity index (χ3v) is 4.59. The number of aromatic nitrogens is 2. The molecule has 0 spiro atoms. The number of carbonyl (C=O) groups excluding carboxylic acids is 1. The third kappa shape index (κ3) is 4.22. The Kier molecular flexibility index (Phi) is 5.78. The van der Waals surface area contributed by atoms with E-state index in [0.29, 0.717) is 23.6 Å². The molecule has 5 nitrogen and oxygen atoms in total. The Morgan fingerprint density at radius 1 is 1.21 bits per heavy atom. The van der Waals surface area contributed by atoms with Gasteiger partial charge in [0.25, 0.3) is 5.91 Å². The highest BCUT2D eigenvalue weighted by Gasteiger charge is 2.21. The number of nitrogens with zero attached hydrogens (tertiary/aromatic N) is 3. The molecule has 0 N–H and O–H groups in total. The van der Waals surface area contributed by atoms with E-state index >= 15 is 0 Å². The van der Waals surface area contributed by atoms with Crippen LogP contribution in [0.4, 0.5) is 4.39 Å². The van der Waals surface area contributed by atoms with Crippen molar-refractivity contribution in [2.24, 2.45) is 7.05 Å². The molecule has 28 heavy (non-hydrogen) atoms. The van der Waals surface area contributed by atoms with Gasteiger partial charge in [-0.05, 0) is 49.2 Å². The van der Waals surface area contributed by atoms with Crippen LogP contribution in [0.5, 0.6) is 5.75 Å². The molecule has 0 radical (unpaired) electrons. The number of hydrogen-bond donors (Lipinski definition) is 0. The number of ether oxygens (including phenoxy) is 1. The summed E-state index contributed by atoms with van der Waals surface area (Å²) in [7, 11) is 3.42. The summed E-state index contributed by atoms with van der Waals surface area (Å²) in [4.78, 5) is 18.7. The van der Waals surface area contributed by atoms with E-state index in [0.717, 1.165) is 11.1 Å². The highest BCUT2D eigenvalue weighted by Crippen LogP contribution is 2.27. The Hall–Kier alpha value is -3.15. The third-order valence-electron chi connectivity index (χ3n) is 4.59. The number of amides is 1. The van der Waals surface area contributed by atoms with Crippen LogP contribution < -0.4 is 4.74 Å². The van der Waals surface area contributed by atoms with Crippen LogP contribution >= 0.6 is 0 Å². The Morgan fingerprint density at radius 3 is 2.50 bits per heavy atom. The summed E-state index contributed by atoms with van der Waals surface area (Å²) in [6.45, 7) is 4.28. The minimum atomic E-state index is -0.305. The van der Waals surface area contributed by atoms with Gasteiger partial charge in [-0.3, -0.25) is 4.79 Å². The second kappa shape index (κ2) is 8.25. The van der Waals surface area contributed by atoms with Crippen LogP contribution in [0.25, 0.3) is 11.1 Å². The van der Waals surface area contributed by atoms with E-state index in [2.05, 4.69) is 4.98 Å². The summed E-state index contributed by atoms with van der Waals surface area (Å²) in [6, 6.07) is 12.2. The van der Waals surface area contributed by atoms with Crippen molar-refractivity contribution in [1.82, 2.24) is 14.5 Å². The van der Waals surface area contributed by atoms with Crippen molar-refractivity contribution in [3.05, 3.63) is 72.1 Å². The maximum Gasteiger partial charge on any atom is 0.274 e. The minimum absolute atomic E-state index is 0.0241. The van der Waals surface area contributed by atoms with E-state index in [-0.39, 0.29) is 17.8 Å². The number of imidazole rings is 1. The number of methoxy groups -OCH3 is 1. The van der Waals surface area contributed by atoms with Gasteiger partial charge in [0.15, 0.2) is 0 Å². The lowest BCUT2D eigenvalue weighted by molar-refractivity contribution is 0.0684. The van der Waals surface area contributed by atoms with E-state index in [1.165, 1.54) is 6.07 Å². The van der Waals surface area contributed by atoms with Gasteiger partial charge in [-0.1, -0.05) is 18.2 Å². The molecule has 0 unspecified atom stereocenters. The first kappa shape index (κ1) is 19.6. The molecule has 0 atom stereocenters. The number of rotatable bonds is 6. The van der Waals surface area contributed by atoms with Gasteiger partial charge in [-0.15, -0.1) is 0 Å². The quantitative estimate of drug-likeness (QED) is 0.640. The minimum Gasteiger partial charge on any atom is -0.497 e. The molecule has 1 aromatic heterocycles. The molecule has 0 aliphatic heterocycles. The molecule has 1 heterocycles. The second-order valence-electron chi connectivity index (χ2n) is 6.99. The Morgan fingerprint density at radius 2 is 1.93 bits per heavy atom. The molecule has 0 saturated heterocycles. The van der Waals surface area contributed by atoms with E-state index in [4.69, 9.17) is 4.74 Å². The number of halogens is 1. The molecule has 0 bridgehead atoms. The van der Waals surface area contributed by atoms with Gasteiger partial charge in [0.2, 0.25) is 0 Å². The van der Waals surface area contributed by atoms with Crippen LogP contribution in [0, 0.1) is 5.82 Å². The maximum atomic E-state index is 14.4. The van der Waals surface area contributed by atoms with Crippen molar-refractivity contribution in [3.8, 4) is 16.9 Å². The van der Waals surface area contributed by atoms with Crippen LogP contribution in [-0.2, 0) is 13.6 Å². The standard InChI is InChI=1S/C22H24FN3O2/c1-15(2)26(22(27)21-13-25(3)14-24-21)12-16-5-10-20(23)19(11-16)17-6-8-18(28-4)9-7-17/h5-11,13-15H,12H2,1-4H3. The van der Waals surface area contributed by atoms with Crippen LogP contribution in [0.2, 0.25) is 0 Å². The van der Waals surface area contributed by atoms with Gasteiger partial charge in [-0.2, -0.15) is 0 Å². The van der Waals surface area contributed by atoms with Gasteiger partial charge in [0, 0.05) is 31.4 Å². The zero-order valence-corrected chi connectivity index (χ0v) is 16.5. The van der Waals surface area contributed by atoms with Crippen LogP contribution in [0.3, 0.4) is 0 Å². The molecule has 1 amide bonds. The fourth-order valence-electron chi connectivity index (χ4n) is 3.02. The zero-order chi connectivity index (χ0) is 20.3. The van der Waals surface area contributed by atoms with E-state index in [1.807, 2.05) is 33.0 Å². The predicted molar refractivity (Wildman–Crippen MR) is 107 cm³/mol. The molecule has 3 rings (SSSR count). The number of hydrogen-bond acceptors (Lipinski definition) is 3. The smallest absolute Gasteiger partial charge is 0.274 e. The predicted octanol–water partition coefficient (Wildman–Crippen LogP) is 4.29. The highest BCUT2D eigenvalue weighted by atomic mass is 19.1. The van der Waals surface area contributed by atoms with Crippen LogP contribution in [0.1, 0.15) is 29.9 Å². The second-order valence-corrected chi connectivity index (χ2v) is 6.99. The maximum absolute atomic E-state index is 14.4. The Labute approximate surface area is 164 Å². The Bertz CT molecular complexity index is 964. The van der Waals surface area contributed by atoms with E-state index < -0.39 is 0 Å². The van der Waals surface area contributed by atoms with Crippen molar-refractivity contribution in [2.75, 3.05) is 7.11 Å². The summed E-state index contributed by atoms with van der Waals surface area (Å²) in [6.07, 6.45) is 3.30. The summed E-state index contributed by atoms with van der Waals surface area (Å²) < 4.78 is 21.3. The van der Waals surface area contributed by atoms with Crippen molar-refractivity contribution < 1.29 is 13.9 Å². The highest BCUT2D eigenvalue weighted by molar-refractivity contribution is 5.92. The SMILES string of the molecule is COc1ccc(-c2cc(CN(C(=O)c3cn(C)cn3)C(C)C)ccc2F)cc1. The van der Waals surface area contributed by atoms with E-state index in [1.54, 1.807) is 53.4 Å². The van der Waals surface area contributed by atoms with Crippen molar-refractivity contribution in [2.45, 2.75) is 26.4 Å². The molecule has 0 fully saturated rings. The first-order valence-electron chi connectivity index (χ1n) is 9.11. The molecule has 6 heteroatoms. The molecule has 0 saturated carbocycles. The lowest BCUT2D eigenvalue weighted by atomic mass is 10.0. The van der Waals surface area contributed by atoms with Crippen molar-refractivity contribution in [3.63, 3.8) is 0 Å². The van der Waals surface area contributed by atoms with E-state index in [9.17, 15) is 9.18 Å². The lowest BCUT2D eigenvalue weighted by Gasteiger charge is -2.26. The summed E-state index contributed by atoms with van der Waals surface area (Å²) in [5, 5.41) is 0. The topological polar surface area (TPSA) is 47.4 Å². The monoisotopic (exact) mass is 381 g/mol. The van der Waals surface area contributed by atoms with Crippen molar-refractivity contribution in [1.29, 1.82) is 0 Å². The first-order chi connectivity index (χ1) is 13.4. The van der Waals surface area contributed by atoms with Crippen LogP contribution in [-0.4, -0.2) is 33.5 Å². The Balaban J connectivity index is 1.88. The lowest BCUT2D eigenvalue weighted by Crippen LogP contribution is -2.36. The molecule has 3 aromatic rings. The zero-order valence-electron chi connectivity index (χ0n) is 16.5. The summed E-state index contributed by atoms with van der Waals surface area (Å²) >= 11 is 0. The first-order valence-corrected chi connectivity index (χ1v) is 9.11. The van der Waals surface area contributed by atoms with Gasteiger partial charge < -0.3 is 14.2 Å². The van der Waals surface area contributed by atoms with Gasteiger partial charge in [0.05, 0.1) is 13.4 Å². The average molecular weight is 381 g/mol. The fourth-order valence-corrected chi connectivity index (χ4v) is 3.02. The molecule has 0 aliphatic carbocycles. The van der Waals surface area contributed by atoms with Crippen molar-refractivity contribution >= 4 is 5.91 Å². The summed E-state index contributed by atoms with van der Waals surface area (Å²) in [5.74, 6) is 0.263. The average Bonchev–Trinajstić information content (AvgIpc) is 3.13. The number of carbonyl (C=O) groups is 1. The fraction of sp³-hybridized carbons (Fsp3) is 0.273. The van der Waals surface area contributed by atoms with Crippen LogP contribution in [0.15, 0.2) is 55.0 Å². The summed E-state index contributed by atoms with van der Waals surface area (Å²) in [5.41, 5.74) is 2.50. The molecular weight excluding hydrogens is 357 g/mol. The molecule has 146 valence electrons. The molecule has 0 aliphatic rings. The van der Waals surface area contributed by atoms with Gasteiger partial charge >= 0.3 is 0 Å². The molecular formula is C22H24FN3O2. The normalized spacial score (nSPS) is 10.9. The van der Waals surface area contributed by atoms with Gasteiger partial charge in [-0.25, -0.2) is 9.37 Å². The number of benzene rings is 2. The largest absolute Gasteiger partial charge is 0.497 e.